The van der Waals surface area contributed by atoms with Crippen LogP contribution in [0.1, 0.15) is 27.2 Å². The largest absolute Gasteiger partial charge is 0.357 e. The zero-order chi connectivity index (χ0) is 7.49. The first kappa shape index (κ1) is 8.63. The first-order valence-corrected chi connectivity index (χ1v) is 3.31. The molecule has 0 aromatic heterocycles. The molecule has 0 fully saturated rings. The maximum atomic E-state index is 11.0. The molecule has 0 saturated heterocycles. The molecule has 0 unspecified atom stereocenters. The van der Waals surface area contributed by atoms with Gasteiger partial charge >= 0.3 is 0 Å². The Kier molecular flexibility index (Phi) is 2.85. The summed E-state index contributed by atoms with van der Waals surface area (Å²) < 4.78 is 0. The molecular formula is C7H16NO+. The smallest absolute Gasteiger partial charge is 0.143 e. The van der Waals surface area contributed by atoms with Crippen LogP contribution in [-0.4, -0.2) is 12.3 Å². The van der Waals surface area contributed by atoms with Crippen molar-refractivity contribution in [2.75, 3.05) is 6.54 Å². The number of carbonyl (C=O) groups excluding carboxylic acids is 1. The van der Waals surface area contributed by atoms with Gasteiger partial charge in [-0.15, -0.1) is 0 Å². The number of Topliss-reactive ketones (excluding diaryl/α,β-unsaturated/α-hetero) is 1. The molecule has 0 rings (SSSR count). The lowest BCUT2D eigenvalue weighted by Crippen LogP contribution is -2.51. The fourth-order valence-electron chi connectivity index (χ4n) is 0.536. The van der Waals surface area contributed by atoms with Gasteiger partial charge in [-0.2, -0.15) is 0 Å². The van der Waals surface area contributed by atoms with Crippen LogP contribution in [0.15, 0.2) is 0 Å². The highest BCUT2D eigenvalue weighted by Crippen LogP contribution is 2.15. The molecule has 2 nitrogen and oxygen atoms in total. The highest BCUT2D eigenvalue weighted by atomic mass is 16.1. The molecule has 0 aliphatic rings. The number of quaternary nitrogens is 1. The second-order valence-electron chi connectivity index (χ2n) is 3.28. The number of carbonyl (C=O) groups is 1. The van der Waals surface area contributed by atoms with Gasteiger partial charge in [-0.25, -0.2) is 0 Å². The van der Waals surface area contributed by atoms with Crippen molar-refractivity contribution in [2.45, 2.75) is 27.2 Å². The lowest BCUT2D eigenvalue weighted by Gasteiger charge is -2.14. The van der Waals surface area contributed by atoms with Gasteiger partial charge in [0.15, 0.2) is 0 Å². The maximum Gasteiger partial charge on any atom is 0.143 e. The predicted octanol–water partition coefficient (Wildman–Crippen LogP) is 0.234. The number of ketones is 1. The lowest BCUT2D eigenvalue weighted by molar-refractivity contribution is -0.366. The predicted molar refractivity (Wildman–Crippen MR) is 36.8 cm³/mol. The topological polar surface area (TPSA) is 44.7 Å². The number of hydrogen-bond donors (Lipinski definition) is 1. The van der Waals surface area contributed by atoms with E-state index in [4.69, 9.17) is 0 Å². The van der Waals surface area contributed by atoms with Crippen molar-refractivity contribution < 1.29 is 10.5 Å². The molecule has 0 radical (unpaired) electrons. The Morgan fingerprint density at radius 3 is 2.00 bits per heavy atom. The van der Waals surface area contributed by atoms with E-state index in [0.717, 1.165) is 6.54 Å². The molecular weight excluding hydrogens is 114 g/mol. The van der Waals surface area contributed by atoms with Crippen LogP contribution in [-0.2, 0) is 4.79 Å². The minimum Gasteiger partial charge on any atom is -0.357 e. The van der Waals surface area contributed by atoms with E-state index >= 15 is 0 Å². The van der Waals surface area contributed by atoms with Gasteiger partial charge in [0, 0.05) is 5.41 Å². The Morgan fingerprint density at radius 1 is 1.44 bits per heavy atom. The average molecular weight is 130 g/mol. The standard InChI is InChI=1S/C7H15NO/c1-7(2,3)6(9)4-5-8/h4-5,8H2,1-3H3/p+1. The summed E-state index contributed by atoms with van der Waals surface area (Å²) in [5, 5.41) is 0. The van der Waals surface area contributed by atoms with Crippen LogP contribution in [0.2, 0.25) is 0 Å². The molecule has 9 heavy (non-hydrogen) atoms. The second kappa shape index (κ2) is 2.97. The zero-order valence-electron chi connectivity index (χ0n) is 6.53. The lowest BCUT2D eigenvalue weighted by atomic mass is 9.89. The minimum absolute atomic E-state index is 0.169. The fourth-order valence-corrected chi connectivity index (χ4v) is 0.536. The van der Waals surface area contributed by atoms with Crippen molar-refractivity contribution in [3.8, 4) is 0 Å². The van der Waals surface area contributed by atoms with E-state index in [9.17, 15) is 4.79 Å². The molecule has 0 aliphatic carbocycles. The Balaban J connectivity index is 3.74. The normalized spacial score (nSPS) is 11.6. The van der Waals surface area contributed by atoms with Gasteiger partial charge in [0.25, 0.3) is 0 Å². The van der Waals surface area contributed by atoms with E-state index in [2.05, 4.69) is 5.73 Å². The van der Waals surface area contributed by atoms with Crippen LogP contribution in [0.4, 0.5) is 0 Å². The van der Waals surface area contributed by atoms with Gasteiger partial charge in [0.2, 0.25) is 0 Å². The number of hydrogen-bond acceptors (Lipinski definition) is 1. The van der Waals surface area contributed by atoms with Crippen LogP contribution in [0.3, 0.4) is 0 Å². The third-order valence-electron chi connectivity index (χ3n) is 1.24. The average Bonchev–Trinajstić information content (AvgIpc) is 1.64. The highest BCUT2D eigenvalue weighted by Gasteiger charge is 2.19. The molecule has 0 amide bonds. The van der Waals surface area contributed by atoms with Gasteiger partial charge < -0.3 is 5.73 Å². The molecule has 54 valence electrons. The zero-order valence-corrected chi connectivity index (χ0v) is 6.53. The Labute approximate surface area is 56.4 Å². The van der Waals surface area contributed by atoms with Crippen LogP contribution < -0.4 is 5.73 Å². The number of rotatable bonds is 2. The first-order chi connectivity index (χ1) is 3.98. The van der Waals surface area contributed by atoms with Gasteiger partial charge in [-0.05, 0) is 0 Å². The second-order valence-corrected chi connectivity index (χ2v) is 3.28. The SMILES string of the molecule is CC(C)(C)C(=O)CC[NH3+]. The van der Waals surface area contributed by atoms with Crippen LogP contribution >= 0.6 is 0 Å². The van der Waals surface area contributed by atoms with Crippen molar-refractivity contribution in [1.82, 2.24) is 0 Å². The summed E-state index contributed by atoms with van der Waals surface area (Å²) in [6.07, 6.45) is 0.615. The summed E-state index contributed by atoms with van der Waals surface area (Å²) in [6.45, 7) is 6.52. The van der Waals surface area contributed by atoms with E-state index in [1.54, 1.807) is 0 Å². The van der Waals surface area contributed by atoms with E-state index in [0.29, 0.717) is 12.2 Å². The Hall–Kier alpha value is -0.370. The summed E-state index contributed by atoms with van der Waals surface area (Å²) >= 11 is 0. The quantitative estimate of drug-likeness (QED) is 0.571. The molecule has 3 N–H and O–H groups in total. The van der Waals surface area contributed by atoms with Crippen LogP contribution in [0, 0.1) is 5.41 Å². The van der Waals surface area contributed by atoms with Gasteiger partial charge in [0.1, 0.15) is 5.78 Å². The van der Waals surface area contributed by atoms with Gasteiger partial charge in [-0.1, -0.05) is 20.8 Å². The molecule has 0 atom stereocenters. The van der Waals surface area contributed by atoms with E-state index in [1.165, 1.54) is 0 Å². The summed E-state index contributed by atoms with van der Waals surface area (Å²) in [5.74, 6) is 0.303. The van der Waals surface area contributed by atoms with Crippen molar-refractivity contribution in [3.63, 3.8) is 0 Å². The first-order valence-electron chi connectivity index (χ1n) is 3.31. The molecule has 2 heteroatoms. The fraction of sp³-hybridized carbons (Fsp3) is 0.857. The molecule has 0 aromatic carbocycles. The Bertz CT molecular complexity index is 102. The van der Waals surface area contributed by atoms with E-state index < -0.39 is 0 Å². The summed E-state index contributed by atoms with van der Waals surface area (Å²) in [4.78, 5) is 11.0. The molecule has 0 saturated carbocycles. The van der Waals surface area contributed by atoms with Crippen molar-refractivity contribution >= 4 is 5.78 Å². The summed E-state index contributed by atoms with van der Waals surface area (Å²) in [5.41, 5.74) is 3.45. The van der Waals surface area contributed by atoms with E-state index in [1.807, 2.05) is 20.8 Å². The molecule has 0 bridgehead atoms. The maximum absolute atomic E-state index is 11.0. The molecule has 0 spiro atoms. The molecule has 0 aliphatic heterocycles. The third kappa shape index (κ3) is 3.25. The Morgan fingerprint density at radius 2 is 1.89 bits per heavy atom. The highest BCUT2D eigenvalue weighted by molar-refractivity contribution is 5.83. The van der Waals surface area contributed by atoms with Gasteiger partial charge in [0.05, 0.1) is 13.0 Å². The van der Waals surface area contributed by atoms with Crippen molar-refractivity contribution in [3.05, 3.63) is 0 Å². The van der Waals surface area contributed by atoms with Crippen molar-refractivity contribution in [1.29, 1.82) is 0 Å². The summed E-state index contributed by atoms with van der Waals surface area (Å²) in [6, 6.07) is 0. The minimum atomic E-state index is -0.169. The van der Waals surface area contributed by atoms with Crippen LogP contribution in [0.25, 0.3) is 0 Å². The molecule has 0 aromatic rings. The summed E-state index contributed by atoms with van der Waals surface area (Å²) in [7, 11) is 0. The van der Waals surface area contributed by atoms with Crippen LogP contribution in [0.5, 0.6) is 0 Å². The van der Waals surface area contributed by atoms with Crippen molar-refractivity contribution in [2.24, 2.45) is 5.41 Å². The van der Waals surface area contributed by atoms with E-state index in [-0.39, 0.29) is 5.41 Å². The van der Waals surface area contributed by atoms with Gasteiger partial charge in [-0.3, -0.25) is 4.79 Å². The molecule has 0 heterocycles. The third-order valence-corrected chi connectivity index (χ3v) is 1.24. The monoisotopic (exact) mass is 130 g/mol.